The largest absolute Gasteiger partial charge is 0.385 e. The van der Waals surface area contributed by atoms with E-state index in [-0.39, 0.29) is 9.79 Å². The first-order valence-corrected chi connectivity index (χ1v) is 22.4. The minimum absolute atomic E-state index is 0.116. The number of halogens is 1. The van der Waals surface area contributed by atoms with E-state index in [1.54, 1.807) is 24.3 Å². The molecule has 10 nitrogen and oxygen atoms in total. The molecule has 2 aliphatic rings. The minimum Gasteiger partial charge on any atom is -0.385 e. The van der Waals surface area contributed by atoms with Gasteiger partial charge in [0.25, 0.3) is 20.2 Å². The highest BCUT2D eigenvalue weighted by atomic mass is 35.5. The summed E-state index contributed by atoms with van der Waals surface area (Å²) < 4.78 is 68.9. The summed E-state index contributed by atoms with van der Waals surface area (Å²) in [6.07, 6.45) is 14.5. The van der Waals surface area contributed by atoms with Crippen molar-refractivity contribution in [3.05, 3.63) is 93.7 Å². The Kier molecular flexibility index (Phi) is 14.4. The first kappa shape index (κ1) is 44.7. The standard InChI is InChI=1S/C42H61ClN4O6S2/c1-41(2,35-29-33(54(48,49)50)19-21-37(35)44-25-10-11-28-47(7,8)9)24-13-17-31-15-12-16-32(40(31)43)18-23-39-42(3,4)36-30-34(55(51,52)53)20-22-38(36)46(39)27-14-26-45(5)6/h13,17-23,29-30,44H,10-12,14-16,24-28H2,1-9H3,(H-,48,49,50,51,52,53)/p+1/b17-13+,32-18+,39-23+. The second kappa shape index (κ2) is 17.7. The van der Waals surface area contributed by atoms with E-state index < -0.39 is 31.1 Å². The van der Waals surface area contributed by atoms with Crippen LogP contribution in [0.5, 0.6) is 0 Å². The fraction of sp³-hybridized carbons (Fsp3) is 0.524. The minimum atomic E-state index is -4.38. The highest BCUT2D eigenvalue weighted by Gasteiger charge is 2.40. The van der Waals surface area contributed by atoms with Gasteiger partial charge >= 0.3 is 0 Å². The van der Waals surface area contributed by atoms with Gasteiger partial charge in [-0.3, -0.25) is 9.11 Å². The van der Waals surface area contributed by atoms with Crippen LogP contribution in [-0.4, -0.2) is 96.7 Å². The lowest BCUT2D eigenvalue weighted by atomic mass is 9.80. The maximum absolute atomic E-state index is 12.1. The van der Waals surface area contributed by atoms with Crippen LogP contribution in [-0.2, 0) is 31.1 Å². The van der Waals surface area contributed by atoms with Gasteiger partial charge in [-0.2, -0.15) is 16.8 Å². The zero-order valence-electron chi connectivity index (χ0n) is 34.1. The molecule has 0 atom stereocenters. The van der Waals surface area contributed by atoms with Gasteiger partial charge in [0.05, 0.1) is 37.5 Å². The monoisotopic (exact) mass is 817 g/mol. The number of allylic oxidation sites excluding steroid dienone is 8. The Morgan fingerprint density at radius 2 is 1.60 bits per heavy atom. The SMILES string of the molecule is CN(C)CCCN1/C(=C/C=C2\CCCC(/C=C/CC(C)(C)c3cc(S(=O)(=O)O)ccc3NCCCC[N+](C)(C)C)=C2Cl)C(C)(C)c2cc(S(=O)(=O)O)ccc21. The van der Waals surface area contributed by atoms with Crippen LogP contribution >= 0.6 is 11.6 Å². The van der Waals surface area contributed by atoms with Crippen LogP contribution in [0.1, 0.15) is 83.8 Å². The molecule has 0 spiro atoms. The van der Waals surface area contributed by atoms with Crippen molar-refractivity contribution < 1.29 is 30.4 Å². The predicted octanol–water partition coefficient (Wildman–Crippen LogP) is 8.54. The van der Waals surface area contributed by atoms with E-state index in [0.717, 1.165) is 109 Å². The number of anilines is 2. The Morgan fingerprint density at radius 3 is 2.24 bits per heavy atom. The van der Waals surface area contributed by atoms with Gasteiger partial charge in [0.2, 0.25) is 0 Å². The quantitative estimate of drug-likeness (QED) is 0.0818. The van der Waals surface area contributed by atoms with Crippen LogP contribution in [0.25, 0.3) is 0 Å². The Balaban J connectivity index is 1.60. The van der Waals surface area contributed by atoms with Crippen LogP contribution in [0, 0.1) is 0 Å². The van der Waals surface area contributed by atoms with Crippen LogP contribution in [0.3, 0.4) is 0 Å². The molecule has 2 aromatic rings. The van der Waals surface area contributed by atoms with E-state index in [2.05, 4.69) is 88.3 Å². The van der Waals surface area contributed by atoms with E-state index in [1.165, 1.54) is 12.1 Å². The zero-order chi connectivity index (χ0) is 41.0. The van der Waals surface area contributed by atoms with Crippen molar-refractivity contribution >= 4 is 43.2 Å². The normalized spacial score (nSPS) is 18.3. The number of unbranched alkanes of at least 4 members (excludes halogenated alkanes) is 1. The molecule has 0 saturated heterocycles. The van der Waals surface area contributed by atoms with Gasteiger partial charge in [0, 0.05) is 40.6 Å². The predicted molar refractivity (Wildman–Crippen MR) is 226 cm³/mol. The molecular weight excluding hydrogens is 756 g/mol. The van der Waals surface area contributed by atoms with Crippen molar-refractivity contribution in [1.82, 2.24) is 4.90 Å². The molecule has 0 radical (unpaired) electrons. The molecule has 0 aromatic heterocycles. The van der Waals surface area contributed by atoms with Gasteiger partial charge in [-0.05, 0) is 136 Å². The van der Waals surface area contributed by atoms with Crippen LogP contribution in [0.15, 0.2) is 92.4 Å². The Hall–Kier alpha value is -2.97. The summed E-state index contributed by atoms with van der Waals surface area (Å²) in [5.41, 5.74) is 5.52. The molecule has 1 aliphatic carbocycles. The number of hydrogen-bond donors (Lipinski definition) is 3. The third-order valence-electron chi connectivity index (χ3n) is 10.6. The average Bonchev–Trinajstić information content (AvgIpc) is 3.27. The molecule has 0 fully saturated rings. The Bertz CT molecular complexity index is 2060. The third kappa shape index (κ3) is 11.8. The third-order valence-corrected chi connectivity index (χ3v) is 12.8. The summed E-state index contributed by atoms with van der Waals surface area (Å²) in [5, 5.41) is 4.23. The zero-order valence-corrected chi connectivity index (χ0v) is 36.5. The first-order valence-electron chi connectivity index (χ1n) is 19.1. The highest BCUT2D eigenvalue weighted by molar-refractivity contribution is 7.86. The molecule has 1 heterocycles. The van der Waals surface area contributed by atoms with Crippen molar-refractivity contribution in [3.63, 3.8) is 0 Å². The summed E-state index contributed by atoms with van der Waals surface area (Å²) in [7, 11) is 1.87. The summed E-state index contributed by atoms with van der Waals surface area (Å²) in [4.78, 5) is 4.15. The van der Waals surface area contributed by atoms with E-state index in [4.69, 9.17) is 11.6 Å². The average molecular weight is 819 g/mol. The second-order valence-electron chi connectivity index (χ2n) is 17.3. The van der Waals surface area contributed by atoms with Gasteiger partial charge in [0.1, 0.15) is 0 Å². The summed E-state index contributed by atoms with van der Waals surface area (Å²) in [5.74, 6) is 0. The first-order chi connectivity index (χ1) is 25.4. The van der Waals surface area contributed by atoms with Gasteiger partial charge < -0.3 is 19.6 Å². The molecule has 4 rings (SSSR count). The number of hydrogen-bond acceptors (Lipinski definition) is 7. The molecule has 0 saturated carbocycles. The van der Waals surface area contributed by atoms with Crippen LogP contribution in [0.4, 0.5) is 11.4 Å². The van der Waals surface area contributed by atoms with E-state index in [9.17, 15) is 25.9 Å². The lowest BCUT2D eigenvalue weighted by Crippen LogP contribution is -2.35. The smallest absolute Gasteiger partial charge is 0.294 e. The molecule has 3 N–H and O–H groups in total. The maximum atomic E-state index is 12.1. The van der Waals surface area contributed by atoms with E-state index in [1.807, 2.05) is 14.1 Å². The topological polar surface area (TPSA) is 127 Å². The number of quaternary nitrogens is 1. The lowest BCUT2D eigenvalue weighted by Gasteiger charge is -2.28. The molecule has 0 unspecified atom stereocenters. The molecule has 13 heteroatoms. The van der Waals surface area contributed by atoms with Gasteiger partial charge in [0.15, 0.2) is 0 Å². The lowest BCUT2D eigenvalue weighted by molar-refractivity contribution is -0.870. The number of rotatable bonds is 17. The molecular formula is C42H62ClN4O6S2+. The molecule has 0 amide bonds. The Labute approximate surface area is 335 Å². The van der Waals surface area contributed by atoms with Gasteiger partial charge in [-0.1, -0.05) is 57.5 Å². The highest BCUT2D eigenvalue weighted by Crippen LogP contribution is 2.49. The molecule has 1 aliphatic heterocycles. The summed E-state index contributed by atoms with van der Waals surface area (Å²) >= 11 is 7.11. The van der Waals surface area contributed by atoms with Crippen molar-refractivity contribution in [3.8, 4) is 0 Å². The van der Waals surface area contributed by atoms with Gasteiger partial charge in [-0.15, -0.1) is 0 Å². The number of benzene rings is 2. The van der Waals surface area contributed by atoms with Crippen molar-refractivity contribution in [2.45, 2.75) is 93.3 Å². The summed E-state index contributed by atoms with van der Waals surface area (Å²) in [6.45, 7) is 11.7. The fourth-order valence-corrected chi connectivity index (χ4v) is 8.75. The molecule has 0 bridgehead atoms. The van der Waals surface area contributed by atoms with E-state index >= 15 is 0 Å². The van der Waals surface area contributed by atoms with E-state index in [0.29, 0.717) is 11.5 Å². The molecule has 55 heavy (non-hydrogen) atoms. The van der Waals surface area contributed by atoms with Crippen molar-refractivity contribution in [2.24, 2.45) is 0 Å². The second-order valence-corrected chi connectivity index (χ2v) is 20.6. The summed E-state index contributed by atoms with van der Waals surface area (Å²) in [6, 6.07) is 9.60. The number of nitrogens with one attached hydrogen (secondary N) is 1. The van der Waals surface area contributed by atoms with Crippen LogP contribution < -0.4 is 10.2 Å². The van der Waals surface area contributed by atoms with Gasteiger partial charge in [-0.25, -0.2) is 0 Å². The van der Waals surface area contributed by atoms with Crippen molar-refractivity contribution in [2.75, 3.05) is 71.6 Å². The van der Waals surface area contributed by atoms with Crippen LogP contribution in [0.2, 0.25) is 0 Å². The molecule has 304 valence electrons. The molecule has 2 aromatic carbocycles. The number of nitrogens with zero attached hydrogens (tertiary/aromatic N) is 3. The Morgan fingerprint density at radius 1 is 0.945 bits per heavy atom. The number of fused-ring (bicyclic) bond motifs is 1. The van der Waals surface area contributed by atoms with Crippen molar-refractivity contribution in [1.29, 1.82) is 0 Å². The maximum Gasteiger partial charge on any atom is 0.294 e. The fourth-order valence-electron chi connectivity index (χ4n) is 7.43.